The Bertz CT molecular complexity index is 1320. The summed E-state index contributed by atoms with van der Waals surface area (Å²) in [7, 11) is 0. The van der Waals surface area contributed by atoms with Crippen LogP contribution in [0.2, 0.25) is 0 Å². The molecular weight excluding hydrogens is 454 g/mol. The van der Waals surface area contributed by atoms with Crippen LogP contribution < -0.4 is 5.32 Å². The largest absolute Gasteiger partial charge is 0.462 e. The molecule has 0 saturated heterocycles. The maximum Gasteiger partial charge on any atom is 0.341 e. The third-order valence-electron chi connectivity index (χ3n) is 5.61. The number of carbonyl (C=O) groups is 2. The monoisotopic (exact) mass is 481 g/mol. The van der Waals surface area contributed by atoms with Gasteiger partial charge in [-0.2, -0.15) is 0 Å². The van der Waals surface area contributed by atoms with Gasteiger partial charge in [0.05, 0.1) is 6.61 Å². The summed E-state index contributed by atoms with van der Waals surface area (Å²) in [5, 5.41) is 5.36. The van der Waals surface area contributed by atoms with Crippen LogP contribution in [0.1, 0.15) is 40.9 Å². The molecule has 35 heavy (non-hydrogen) atoms. The molecule has 1 amide bonds. The first-order valence-electron chi connectivity index (χ1n) is 11.6. The van der Waals surface area contributed by atoms with Gasteiger partial charge in [0.1, 0.15) is 10.6 Å². The Morgan fingerprint density at radius 1 is 0.886 bits per heavy atom. The van der Waals surface area contributed by atoms with E-state index in [0.29, 0.717) is 16.1 Å². The Labute approximate surface area is 209 Å². The number of thiophene rings is 1. The van der Waals surface area contributed by atoms with Crippen LogP contribution in [0.15, 0.2) is 90.3 Å². The summed E-state index contributed by atoms with van der Waals surface area (Å²) in [6.45, 7) is 4.12. The van der Waals surface area contributed by atoms with Gasteiger partial charge < -0.3 is 10.1 Å². The SMILES string of the molecule is CCOC(=O)c1c(-c2ccc(CC)cc2)csc1NC(=O)C(=Cc1ccccc1)c1ccccc1. The Morgan fingerprint density at radius 2 is 1.54 bits per heavy atom. The molecule has 0 atom stereocenters. The highest BCUT2D eigenvalue weighted by atomic mass is 32.1. The van der Waals surface area contributed by atoms with Crippen molar-refractivity contribution in [3.63, 3.8) is 0 Å². The van der Waals surface area contributed by atoms with Gasteiger partial charge in [-0.3, -0.25) is 4.79 Å². The van der Waals surface area contributed by atoms with Gasteiger partial charge in [-0.25, -0.2) is 4.79 Å². The van der Waals surface area contributed by atoms with E-state index in [-0.39, 0.29) is 12.5 Å². The number of amides is 1. The first-order chi connectivity index (χ1) is 17.1. The first-order valence-corrected chi connectivity index (χ1v) is 12.5. The predicted molar refractivity (Wildman–Crippen MR) is 144 cm³/mol. The minimum Gasteiger partial charge on any atom is -0.462 e. The van der Waals surface area contributed by atoms with Crippen molar-refractivity contribution in [2.75, 3.05) is 11.9 Å². The molecule has 0 aliphatic rings. The maximum atomic E-state index is 13.6. The van der Waals surface area contributed by atoms with Crippen molar-refractivity contribution >= 4 is 39.9 Å². The molecule has 3 aromatic carbocycles. The second-order valence-electron chi connectivity index (χ2n) is 7.91. The van der Waals surface area contributed by atoms with Crippen LogP contribution >= 0.6 is 11.3 Å². The molecule has 0 fully saturated rings. The van der Waals surface area contributed by atoms with E-state index in [9.17, 15) is 9.59 Å². The quantitative estimate of drug-likeness (QED) is 0.163. The van der Waals surface area contributed by atoms with Crippen LogP contribution in [-0.4, -0.2) is 18.5 Å². The van der Waals surface area contributed by atoms with Crippen molar-refractivity contribution in [1.29, 1.82) is 0 Å². The van der Waals surface area contributed by atoms with Crippen molar-refractivity contribution in [2.45, 2.75) is 20.3 Å². The number of nitrogens with one attached hydrogen (secondary N) is 1. The molecule has 0 aliphatic heterocycles. The van der Waals surface area contributed by atoms with Gasteiger partial charge in [0.2, 0.25) is 0 Å². The number of benzene rings is 3. The van der Waals surface area contributed by atoms with Crippen molar-refractivity contribution in [1.82, 2.24) is 0 Å². The molecule has 0 aliphatic carbocycles. The second-order valence-corrected chi connectivity index (χ2v) is 8.79. The molecule has 1 heterocycles. The zero-order valence-corrected chi connectivity index (χ0v) is 20.6. The number of hydrogen-bond acceptors (Lipinski definition) is 4. The number of anilines is 1. The number of esters is 1. The van der Waals surface area contributed by atoms with Crippen molar-refractivity contribution in [3.8, 4) is 11.1 Å². The fraction of sp³-hybridized carbons (Fsp3) is 0.133. The van der Waals surface area contributed by atoms with Crippen molar-refractivity contribution in [2.24, 2.45) is 0 Å². The molecule has 1 N–H and O–H groups in total. The number of aryl methyl sites for hydroxylation is 1. The molecule has 176 valence electrons. The van der Waals surface area contributed by atoms with E-state index in [2.05, 4.69) is 24.4 Å². The lowest BCUT2D eigenvalue weighted by molar-refractivity contribution is -0.111. The molecule has 0 unspecified atom stereocenters. The highest BCUT2D eigenvalue weighted by Gasteiger charge is 2.24. The van der Waals surface area contributed by atoms with Crippen molar-refractivity contribution < 1.29 is 14.3 Å². The van der Waals surface area contributed by atoms with E-state index >= 15 is 0 Å². The molecule has 0 spiro atoms. The number of ether oxygens (including phenoxy) is 1. The van der Waals surface area contributed by atoms with E-state index in [0.717, 1.165) is 28.7 Å². The molecule has 0 saturated carbocycles. The number of carbonyl (C=O) groups excluding carboxylic acids is 2. The normalized spacial score (nSPS) is 11.2. The van der Waals surface area contributed by atoms with Crippen LogP contribution in [-0.2, 0) is 16.0 Å². The third kappa shape index (κ3) is 5.76. The molecule has 0 radical (unpaired) electrons. The molecule has 0 bridgehead atoms. The van der Waals surface area contributed by atoms with Crippen LogP contribution in [0, 0.1) is 0 Å². The van der Waals surface area contributed by atoms with Gasteiger partial charge in [-0.1, -0.05) is 91.9 Å². The van der Waals surface area contributed by atoms with Gasteiger partial charge in [0, 0.05) is 16.5 Å². The minimum atomic E-state index is -0.452. The lowest BCUT2D eigenvalue weighted by atomic mass is 10.0. The van der Waals surface area contributed by atoms with Crippen LogP contribution in [0.25, 0.3) is 22.8 Å². The Hall–Kier alpha value is -3.96. The summed E-state index contributed by atoms with van der Waals surface area (Å²) in [4.78, 5) is 26.5. The summed E-state index contributed by atoms with van der Waals surface area (Å²) in [5.74, 6) is -0.743. The first kappa shape index (κ1) is 24.2. The van der Waals surface area contributed by atoms with Crippen LogP contribution in [0.4, 0.5) is 5.00 Å². The van der Waals surface area contributed by atoms with Gasteiger partial charge >= 0.3 is 5.97 Å². The zero-order chi connectivity index (χ0) is 24.6. The smallest absolute Gasteiger partial charge is 0.341 e. The van der Waals surface area contributed by atoms with Crippen molar-refractivity contribution in [3.05, 3.63) is 113 Å². The van der Waals surface area contributed by atoms with E-state index in [4.69, 9.17) is 4.74 Å². The van der Waals surface area contributed by atoms with Crippen LogP contribution in [0.5, 0.6) is 0 Å². The number of hydrogen-bond donors (Lipinski definition) is 1. The molecular formula is C30H27NO3S. The van der Waals surface area contributed by atoms with E-state index < -0.39 is 5.97 Å². The summed E-state index contributed by atoms with van der Waals surface area (Å²) in [6, 6.07) is 27.3. The average Bonchev–Trinajstić information content (AvgIpc) is 3.32. The molecule has 4 rings (SSSR count). The molecule has 4 aromatic rings. The Balaban J connectivity index is 1.73. The number of rotatable bonds is 8. The summed E-state index contributed by atoms with van der Waals surface area (Å²) in [6.07, 6.45) is 2.79. The Kier molecular flexibility index (Phi) is 7.91. The molecule has 5 heteroatoms. The molecule has 1 aromatic heterocycles. The lowest BCUT2D eigenvalue weighted by Crippen LogP contribution is -2.16. The highest BCUT2D eigenvalue weighted by Crippen LogP contribution is 2.37. The van der Waals surface area contributed by atoms with E-state index in [1.165, 1.54) is 16.9 Å². The fourth-order valence-corrected chi connectivity index (χ4v) is 4.72. The maximum absolute atomic E-state index is 13.6. The van der Waals surface area contributed by atoms with E-state index in [1.807, 2.05) is 84.3 Å². The predicted octanol–water partition coefficient (Wildman–Crippen LogP) is 7.33. The second kappa shape index (κ2) is 11.4. The van der Waals surface area contributed by atoms with E-state index in [1.54, 1.807) is 6.92 Å². The fourth-order valence-electron chi connectivity index (χ4n) is 3.77. The van der Waals surface area contributed by atoms with Gasteiger partial charge in [-0.15, -0.1) is 11.3 Å². The summed E-state index contributed by atoms with van der Waals surface area (Å²) >= 11 is 1.32. The summed E-state index contributed by atoms with van der Waals surface area (Å²) < 4.78 is 5.36. The Morgan fingerprint density at radius 3 is 2.17 bits per heavy atom. The highest BCUT2D eigenvalue weighted by molar-refractivity contribution is 7.15. The topological polar surface area (TPSA) is 55.4 Å². The average molecular weight is 482 g/mol. The molecule has 4 nitrogen and oxygen atoms in total. The third-order valence-corrected chi connectivity index (χ3v) is 6.51. The van der Waals surface area contributed by atoms with Gasteiger partial charge in [0.25, 0.3) is 5.91 Å². The lowest BCUT2D eigenvalue weighted by Gasteiger charge is -2.11. The van der Waals surface area contributed by atoms with Gasteiger partial charge in [0.15, 0.2) is 0 Å². The van der Waals surface area contributed by atoms with Crippen LogP contribution in [0.3, 0.4) is 0 Å². The summed E-state index contributed by atoms with van der Waals surface area (Å²) in [5.41, 5.74) is 5.46. The minimum absolute atomic E-state index is 0.249. The standard InChI is InChI=1S/C30H27NO3S/c1-3-21-15-17-24(18-16-21)26-20-35-29(27(26)30(33)34-4-2)31-28(32)25(23-13-9-6-10-14-23)19-22-11-7-5-8-12-22/h5-20H,3-4H2,1-2H3,(H,31,32). The zero-order valence-electron chi connectivity index (χ0n) is 19.8. The van der Waals surface area contributed by atoms with Gasteiger partial charge in [-0.05, 0) is 41.7 Å².